The summed E-state index contributed by atoms with van der Waals surface area (Å²) in [6.07, 6.45) is 1.12. The average Bonchev–Trinajstić information content (AvgIpc) is 2.92. The molecular formula is C16H25N3O. The highest BCUT2D eigenvalue weighted by molar-refractivity contribution is 5.78. The zero-order valence-corrected chi connectivity index (χ0v) is 12.6. The third-order valence-electron chi connectivity index (χ3n) is 4.08. The zero-order valence-electron chi connectivity index (χ0n) is 12.6. The van der Waals surface area contributed by atoms with Crippen molar-refractivity contribution in [1.82, 2.24) is 15.5 Å². The number of nitrogens with zero attached hydrogens (tertiary/aromatic N) is 1. The van der Waals surface area contributed by atoms with E-state index >= 15 is 0 Å². The smallest absolute Gasteiger partial charge is 0.234 e. The fourth-order valence-electron chi connectivity index (χ4n) is 2.81. The molecule has 110 valence electrons. The first-order valence-corrected chi connectivity index (χ1v) is 7.33. The lowest BCUT2D eigenvalue weighted by atomic mass is 10.0. The van der Waals surface area contributed by atoms with E-state index in [9.17, 15) is 4.79 Å². The van der Waals surface area contributed by atoms with Gasteiger partial charge in [0.1, 0.15) is 0 Å². The summed E-state index contributed by atoms with van der Waals surface area (Å²) in [6.45, 7) is 6.61. The summed E-state index contributed by atoms with van der Waals surface area (Å²) < 4.78 is 0. The molecule has 1 aromatic rings. The molecular weight excluding hydrogens is 250 g/mol. The van der Waals surface area contributed by atoms with E-state index in [1.807, 2.05) is 26.1 Å². The van der Waals surface area contributed by atoms with E-state index in [-0.39, 0.29) is 11.9 Å². The third kappa shape index (κ3) is 3.81. The molecule has 20 heavy (non-hydrogen) atoms. The second kappa shape index (κ2) is 6.86. The van der Waals surface area contributed by atoms with Gasteiger partial charge in [0.15, 0.2) is 0 Å². The Morgan fingerprint density at radius 1 is 1.50 bits per heavy atom. The molecule has 1 saturated heterocycles. The number of likely N-dealkylation sites (N-methyl/N-ethyl adjacent to an activating group) is 1. The first-order chi connectivity index (χ1) is 9.58. The normalized spacial score (nSPS) is 20.1. The first kappa shape index (κ1) is 15.0. The van der Waals surface area contributed by atoms with Crippen molar-refractivity contribution in [2.75, 3.05) is 26.7 Å². The van der Waals surface area contributed by atoms with Gasteiger partial charge in [-0.3, -0.25) is 9.69 Å². The molecule has 0 bridgehead atoms. The zero-order chi connectivity index (χ0) is 14.5. The molecule has 1 aromatic carbocycles. The van der Waals surface area contributed by atoms with Crippen LogP contribution >= 0.6 is 0 Å². The van der Waals surface area contributed by atoms with Crippen LogP contribution in [-0.4, -0.2) is 43.5 Å². The maximum absolute atomic E-state index is 12.1. The van der Waals surface area contributed by atoms with E-state index in [0.29, 0.717) is 12.6 Å². The Hall–Kier alpha value is -1.39. The van der Waals surface area contributed by atoms with Crippen molar-refractivity contribution in [1.29, 1.82) is 0 Å². The molecule has 1 amide bonds. The molecule has 1 heterocycles. The minimum absolute atomic E-state index is 0.0544. The molecule has 1 aliphatic heterocycles. The van der Waals surface area contributed by atoms with Gasteiger partial charge in [0.05, 0.1) is 12.6 Å². The van der Waals surface area contributed by atoms with Gasteiger partial charge >= 0.3 is 0 Å². The molecule has 1 aliphatic rings. The predicted molar refractivity (Wildman–Crippen MR) is 81.6 cm³/mol. The van der Waals surface area contributed by atoms with Crippen molar-refractivity contribution < 1.29 is 4.79 Å². The van der Waals surface area contributed by atoms with E-state index in [4.69, 9.17) is 0 Å². The molecule has 0 radical (unpaired) electrons. The fourth-order valence-corrected chi connectivity index (χ4v) is 2.81. The molecule has 4 nitrogen and oxygen atoms in total. The molecule has 0 spiro atoms. The van der Waals surface area contributed by atoms with Crippen LogP contribution in [-0.2, 0) is 4.79 Å². The van der Waals surface area contributed by atoms with E-state index < -0.39 is 0 Å². The van der Waals surface area contributed by atoms with Crippen LogP contribution < -0.4 is 10.6 Å². The number of nitrogens with one attached hydrogen (secondary N) is 2. The van der Waals surface area contributed by atoms with Crippen LogP contribution in [0.25, 0.3) is 0 Å². The van der Waals surface area contributed by atoms with Crippen LogP contribution in [0.1, 0.15) is 30.5 Å². The minimum atomic E-state index is 0.0544. The molecule has 4 heteroatoms. The summed E-state index contributed by atoms with van der Waals surface area (Å²) >= 11 is 0. The summed E-state index contributed by atoms with van der Waals surface area (Å²) in [5, 5.41) is 6.42. The standard InChI is InChI=1S/C16H25N3O/c1-12-6-4-5-7-15(12)13(2)18-16(20)11-19(3)14-8-9-17-10-14/h4-7,13-14,17H,8-11H2,1-3H3,(H,18,20). The summed E-state index contributed by atoms with van der Waals surface area (Å²) in [5.41, 5.74) is 2.40. The topological polar surface area (TPSA) is 44.4 Å². The molecule has 2 atom stereocenters. The second-order valence-corrected chi connectivity index (χ2v) is 5.71. The summed E-state index contributed by atoms with van der Waals surface area (Å²) in [6, 6.07) is 8.72. The van der Waals surface area contributed by atoms with Gasteiger partial charge < -0.3 is 10.6 Å². The number of aryl methyl sites for hydroxylation is 1. The Kier molecular flexibility index (Phi) is 5.15. The van der Waals surface area contributed by atoms with Crippen LogP contribution in [0, 0.1) is 6.92 Å². The van der Waals surface area contributed by atoms with Crippen molar-refractivity contribution in [2.24, 2.45) is 0 Å². The number of rotatable bonds is 5. The van der Waals surface area contributed by atoms with Crippen molar-refractivity contribution in [3.8, 4) is 0 Å². The number of carbonyl (C=O) groups excluding carboxylic acids is 1. The highest BCUT2D eigenvalue weighted by Gasteiger charge is 2.21. The Morgan fingerprint density at radius 3 is 2.90 bits per heavy atom. The lowest BCUT2D eigenvalue weighted by Gasteiger charge is -2.24. The third-order valence-corrected chi connectivity index (χ3v) is 4.08. The lowest BCUT2D eigenvalue weighted by Crippen LogP contribution is -2.42. The number of benzene rings is 1. The maximum Gasteiger partial charge on any atom is 0.234 e. The SMILES string of the molecule is Cc1ccccc1C(C)NC(=O)CN(C)C1CCNC1. The van der Waals surface area contributed by atoms with E-state index in [0.717, 1.165) is 19.5 Å². The molecule has 2 rings (SSSR count). The summed E-state index contributed by atoms with van der Waals surface area (Å²) in [4.78, 5) is 14.3. The largest absolute Gasteiger partial charge is 0.348 e. The van der Waals surface area contributed by atoms with E-state index in [1.54, 1.807) is 0 Å². The molecule has 1 fully saturated rings. The van der Waals surface area contributed by atoms with Gasteiger partial charge in [0.2, 0.25) is 5.91 Å². The predicted octanol–water partition coefficient (Wildman–Crippen LogP) is 1.47. The lowest BCUT2D eigenvalue weighted by molar-refractivity contribution is -0.123. The maximum atomic E-state index is 12.1. The van der Waals surface area contributed by atoms with Crippen molar-refractivity contribution in [3.05, 3.63) is 35.4 Å². The Bertz CT molecular complexity index is 455. The van der Waals surface area contributed by atoms with Gasteiger partial charge in [-0.25, -0.2) is 0 Å². The van der Waals surface area contributed by atoms with Gasteiger partial charge in [-0.05, 0) is 45.0 Å². The first-order valence-electron chi connectivity index (χ1n) is 7.33. The quantitative estimate of drug-likeness (QED) is 0.855. The van der Waals surface area contributed by atoms with E-state index in [2.05, 4.69) is 34.6 Å². The Labute approximate surface area is 121 Å². The number of hydrogen-bond donors (Lipinski definition) is 2. The van der Waals surface area contributed by atoms with E-state index in [1.165, 1.54) is 11.1 Å². The van der Waals surface area contributed by atoms with Crippen molar-refractivity contribution in [2.45, 2.75) is 32.4 Å². The van der Waals surface area contributed by atoms with Gasteiger partial charge in [-0.15, -0.1) is 0 Å². The number of hydrogen-bond acceptors (Lipinski definition) is 3. The van der Waals surface area contributed by atoms with Crippen LogP contribution in [0.15, 0.2) is 24.3 Å². The van der Waals surface area contributed by atoms with Crippen molar-refractivity contribution in [3.63, 3.8) is 0 Å². The average molecular weight is 275 g/mol. The molecule has 0 saturated carbocycles. The van der Waals surface area contributed by atoms with Crippen LogP contribution in [0.5, 0.6) is 0 Å². The molecule has 2 N–H and O–H groups in total. The number of carbonyl (C=O) groups is 1. The monoisotopic (exact) mass is 275 g/mol. The van der Waals surface area contributed by atoms with Crippen LogP contribution in [0.3, 0.4) is 0 Å². The fraction of sp³-hybridized carbons (Fsp3) is 0.562. The minimum Gasteiger partial charge on any atom is -0.348 e. The van der Waals surface area contributed by atoms with Gasteiger partial charge in [0.25, 0.3) is 0 Å². The summed E-state index contributed by atoms with van der Waals surface area (Å²) in [5.74, 6) is 0.0927. The van der Waals surface area contributed by atoms with Gasteiger partial charge in [-0.1, -0.05) is 24.3 Å². The molecule has 2 unspecified atom stereocenters. The van der Waals surface area contributed by atoms with Crippen LogP contribution in [0.4, 0.5) is 0 Å². The van der Waals surface area contributed by atoms with Crippen LogP contribution in [0.2, 0.25) is 0 Å². The highest BCUT2D eigenvalue weighted by atomic mass is 16.2. The van der Waals surface area contributed by atoms with Crippen molar-refractivity contribution >= 4 is 5.91 Å². The molecule has 0 aromatic heterocycles. The Morgan fingerprint density at radius 2 is 2.25 bits per heavy atom. The highest BCUT2D eigenvalue weighted by Crippen LogP contribution is 2.16. The Balaban J connectivity index is 1.86. The number of amides is 1. The second-order valence-electron chi connectivity index (χ2n) is 5.71. The van der Waals surface area contributed by atoms with Gasteiger partial charge in [-0.2, -0.15) is 0 Å². The van der Waals surface area contributed by atoms with Gasteiger partial charge in [0, 0.05) is 12.6 Å². The summed E-state index contributed by atoms with van der Waals surface area (Å²) in [7, 11) is 2.02. The molecule has 0 aliphatic carbocycles.